The molecule has 1 aliphatic rings. The smallest absolute Gasteiger partial charge is 0.303 e. The van der Waals surface area contributed by atoms with Crippen molar-refractivity contribution in [2.75, 3.05) is 18.4 Å². The van der Waals surface area contributed by atoms with Crippen LogP contribution >= 0.6 is 0 Å². The van der Waals surface area contributed by atoms with Gasteiger partial charge >= 0.3 is 5.97 Å². The Morgan fingerprint density at radius 1 is 1.43 bits per heavy atom. The summed E-state index contributed by atoms with van der Waals surface area (Å²) < 4.78 is 0. The molecule has 3 N–H and O–H groups in total. The molecule has 0 saturated heterocycles. The number of aliphatic carboxylic acids is 1. The molecule has 1 heterocycles. The van der Waals surface area contributed by atoms with E-state index in [2.05, 4.69) is 10.6 Å². The quantitative estimate of drug-likeness (QED) is 0.504. The number of carboxylic acids is 1. The fourth-order valence-corrected chi connectivity index (χ4v) is 2.60. The van der Waals surface area contributed by atoms with Crippen molar-refractivity contribution in [2.45, 2.75) is 38.6 Å². The van der Waals surface area contributed by atoms with E-state index in [9.17, 15) is 9.59 Å². The van der Waals surface area contributed by atoms with E-state index in [0.29, 0.717) is 19.4 Å². The Morgan fingerprint density at radius 2 is 2.24 bits per heavy atom. The van der Waals surface area contributed by atoms with Gasteiger partial charge in [0.15, 0.2) is 5.78 Å². The summed E-state index contributed by atoms with van der Waals surface area (Å²) in [5.74, 6) is -0.718. The van der Waals surface area contributed by atoms with Crippen LogP contribution in [-0.2, 0) is 11.2 Å². The molecule has 1 unspecified atom stereocenters. The number of hydrogen-bond donors (Lipinski definition) is 3. The minimum absolute atomic E-state index is 0.0857. The van der Waals surface area contributed by atoms with E-state index in [1.54, 1.807) is 0 Å². The van der Waals surface area contributed by atoms with Gasteiger partial charge in [-0.05, 0) is 49.6 Å². The lowest BCUT2D eigenvalue weighted by atomic mass is 9.99. The molecule has 0 amide bonds. The Hall–Kier alpha value is -1.88. The molecule has 0 fully saturated rings. The molecule has 1 aromatic rings. The van der Waals surface area contributed by atoms with E-state index in [1.165, 1.54) is 5.56 Å². The van der Waals surface area contributed by atoms with Crippen molar-refractivity contribution in [1.29, 1.82) is 0 Å². The lowest BCUT2D eigenvalue weighted by Gasteiger charge is -2.16. The maximum atomic E-state index is 12.5. The second kappa shape index (κ2) is 7.22. The maximum absolute atomic E-state index is 12.5. The Morgan fingerprint density at radius 3 is 2.95 bits per heavy atom. The summed E-state index contributed by atoms with van der Waals surface area (Å²) in [6.45, 7) is 3.43. The highest BCUT2D eigenvalue weighted by Crippen LogP contribution is 2.23. The van der Waals surface area contributed by atoms with Crippen LogP contribution in [0.3, 0.4) is 0 Å². The third-order valence-electron chi connectivity index (χ3n) is 3.78. The number of carbonyl (C=O) groups excluding carboxylic acids is 1. The third-order valence-corrected chi connectivity index (χ3v) is 3.78. The van der Waals surface area contributed by atoms with E-state index in [1.807, 2.05) is 25.1 Å². The highest BCUT2D eigenvalue weighted by molar-refractivity contribution is 6.00. The Kier molecular flexibility index (Phi) is 5.33. The van der Waals surface area contributed by atoms with E-state index in [-0.39, 0.29) is 18.2 Å². The standard InChI is InChI=1S/C16H22N2O3/c1-2-13(17-8-3-4-15(19)20)16(21)12-5-6-14-11(10-12)7-9-18-14/h5-6,10,13,17-18H,2-4,7-9H2,1H3,(H,19,20). The predicted molar refractivity (Wildman–Crippen MR) is 81.9 cm³/mol. The van der Waals surface area contributed by atoms with Crippen LogP contribution in [-0.4, -0.2) is 36.0 Å². The normalized spacial score (nSPS) is 14.3. The minimum Gasteiger partial charge on any atom is -0.481 e. The number of ketones is 1. The second-order valence-electron chi connectivity index (χ2n) is 5.33. The Labute approximate surface area is 124 Å². The average Bonchev–Trinajstić information content (AvgIpc) is 2.93. The van der Waals surface area contributed by atoms with Crippen LogP contribution in [0.25, 0.3) is 0 Å². The summed E-state index contributed by atoms with van der Waals surface area (Å²) in [5, 5.41) is 15.1. The van der Waals surface area contributed by atoms with Gasteiger partial charge in [-0.1, -0.05) is 6.92 Å². The van der Waals surface area contributed by atoms with Gasteiger partial charge in [-0.3, -0.25) is 9.59 Å². The van der Waals surface area contributed by atoms with Crippen LogP contribution in [0.4, 0.5) is 5.69 Å². The van der Waals surface area contributed by atoms with Crippen LogP contribution in [0.2, 0.25) is 0 Å². The van der Waals surface area contributed by atoms with Gasteiger partial charge in [0.1, 0.15) is 0 Å². The number of anilines is 1. The topological polar surface area (TPSA) is 78.4 Å². The molecule has 1 aliphatic heterocycles. The third kappa shape index (κ3) is 4.04. The lowest BCUT2D eigenvalue weighted by Crippen LogP contribution is -2.37. The Bertz CT molecular complexity index is 528. The van der Waals surface area contributed by atoms with Crippen LogP contribution < -0.4 is 10.6 Å². The number of rotatable bonds is 8. The first-order chi connectivity index (χ1) is 10.1. The summed E-state index contributed by atoms with van der Waals surface area (Å²) in [6, 6.07) is 5.55. The first-order valence-corrected chi connectivity index (χ1v) is 7.48. The molecular formula is C16H22N2O3. The van der Waals surface area contributed by atoms with Crippen LogP contribution in [0.5, 0.6) is 0 Å². The van der Waals surface area contributed by atoms with Gasteiger partial charge in [0.2, 0.25) is 0 Å². The zero-order valence-corrected chi connectivity index (χ0v) is 12.3. The molecule has 114 valence electrons. The van der Waals surface area contributed by atoms with Gasteiger partial charge in [-0.2, -0.15) is 0 Å². The van der Waals surface area contributed by atoms with Gasteiger partial charge in [0.25, 0.3) is 0 Å². The zero-order chi connectivity index (χ0) is 15.2. The molecule has 0 aromatic heterocycles. The van der Waals surface area contributed by atoms with E-state index >= 15 is 0 Å². The number of carbonyl (C=O) groups is 2. The molecule has 0 radical (unpaired) electrons. The first kappa shape index (κ1) is 15.5. The van der Waals surface area contributed by atoms with Crippen molar-refractivity contribution >= 4 is 17.4 Å². The molecule has 0 bridgehead atoms. The van der Waals surface area contributed by atoms with E-state index < -0.39 is 5.97 Å². The Balaban J connectivity index is 1.94. The zero-order valence-electron chi connectivity index (χ0n) is 12.3. The second-order valence-corrected chi connectivity index (χ2v) is 5.33. The molecule has 21 heavy (non-hydrogen) atoms. The fourth-order valence-electron chi connectivity index (χ4n) is 2.60. The van der Waals surface area contributed by atoms with E-state index in [4.69, 9.17) is 5.11 Å². The molecule has 1 atom stereocenters. The van der Waals surface area contributed by atoms with Crippen molar-refractivity contribution < 1.29 is 14.7 Å². The number of fused-ring (bicyclic) bond motifs is 1. The molecule has 0 aliphatic carbocycles. The molecule has 2 rings (SSSR count). The van der Waals surface area contributed by atoms with Crippen LogP contribution in [0.1, 0.15) is 42.1 Å². The van der Waals surface area contributed by atoms with Crippen LogP contribution in [0, 0.1) is 0 Å². The van der Waals surface area contributed by atoms with Gasteiger partial charge < -0.3 is 15.7 Å². The number of hydrogen-bond acceptors (Lipinski definition) is 4. The first-order valence-electron chi connectivity index (χ1n) is 7.48. The van der Waals surface area contributed by atoms with Gasteiger partial charge in [0.05, 0.1) is 6.04 Å². The number of Topliss-reactive ketones (excluding diaryl/α,β-unsaturated/α-hetero) is 1. The molecule has 1 aromatic carbocycles. The van der Waals surface area contributed by atoms with Gasteiger partial charge in [-0.25, -0.2) is 0 Å². The molecule has 5 nitrogen and oxygen atoms in total. The SMILES string of the molecule is CCC(NCCCC(=O)O)C(=O)c1ccc2c(c1)CCN2. The average molecular weight is 290 g/mol. The van der Waals surface area contributed by atoms with Crippen molar-refractivity contribution in [1.82, 2.24) is 5.32 Å². The largest absolute Gasteiger partial charge is 0.481 e. The number of benzene rings is 1. The summed E-state index contributed by atoms with van der Waals surface area (Å²) in [4.78, 5) is 23.0. The predicted octanol–water partition coefficient (Wildman–Crippen LogP) is 2.07. The van der Waals surface area contributed by atoms with Crippen molar-refractivity contribution in [3.8, 4) is 0 Å². The summed E-state index contributed by atoms with van der Waals surface area (Å²) in [5.41, 5.74) is 3.05. The molecule has 5 heteroatoms. The van der Waals surface area contributed by atoms with E-state index in [0.717, 1.165) is 24.2 Å². The fraction of sp³-hybridized carbons (Fsp3) is 0.500. The minimum atomic E-state index is -0.803. The summed E-state index contributed by atoms with van der Waals surface area (Å²) in [7, 11) is 0. The van der Waals surface area contributed by atoms with Gasteiger partial charge in [-0.15, -0.1) is 0 Å². The van der Waals surface area contributed by atoms with Gasteiger partial charge in [0, 0.05) is 24.2 Å². The highest BCUT2D eigenvalue weighted by Gasteiger charge is 2.19. The van der Waals surface area contributed by atoms with Crippen molar-refractivity contribution in [2.24, 2.45) is 0 Å². The number of nitrogens with one attached hydrogen (secondary N) is 2. The van der Waals surface area contributed by atoms with Crippen LogP contribution in [0.15, 0.2) is 18.2 Å². The summed E-state index contributed by atoms with van der Waals surface area (Å²) in [6.07, 6.45) is 2.32. The van der Waals surface area contributed by atoms with Crippen molar-refractivity contribution in [3.05, 3.63) is 29.3 Å². The summed E-state index contributed by atoms with van der Waals surface area (Å²) >= 11 is 0. The monoisotopic (exact) mass is 290 g/mol. The highest BCUT2D eigenvalue weighted by atomic mass is 16.4. The maximum Gasteiger partial charge on any atom is 0.303 e. The molecule has 0 saturated carbocycles. The van der Waals surface area contributed by atoms with Crippen molar-refractivity contribution in [3.63, 3.8) is 0 Å². The molecule has 0 spiro atoms. The lowest BCUT2D eigenvalue weighted by molar-refractivity contribution is -0.137. The molecular weight excluding hydrogens is 268 g/mol. The number of carboxylic acid groups (broad SMARTS) is 1.